The van der Waals surface area contributed by atoms with Crippen molar-refractivity contribution in [2.24, 2.45) is 5.73 Å². The topological polar surface area (TPSA) is 70.1 Å². The molecule has 0 amide bonds. The lowest BCUT2D eigenvalue weighted by molar-refractivity contribution is -0.116. The molecule has 1 unspecified atom stereocenters. The maximum atomic E-state index is 13.5. The summed E-state index contributed by atoms with van der Waals surface area (Å²) < 4.78 is 14.5. The Balaban J connectivity index is 1.61. The Morgan fingerprint density at radius 2 is 1.79 bits per heavy atom. The van der Waals surface area contributed by atoms with Crippen LogP contribution in [0, 0.1) is 34.6 Å². The number of nitrogens with zero attached hydrogens (tertiary/aromatic N) is 2. The number of nitrogens with two attached hydrogens (primary N) is 1. The Bertz CT molecular complexity index is 1520. The fraction of sp³-hybridized carbons (Fsp3) is 0.226. The Labute approximate surface area is 240 Å². The number of aryl methyl sites for hydroxylation is 2. The van der Waals surface area contributed by atoms with Crippen molar-refractivity contribution in [2.45, 2.75) is 49.7 Å². The molecule has 7 heteroatoms. The van der Waals surface area contributed by atoms with E-state index in [0.29, 0.717) is 29.1 Å². The Morgan fingerprint density at radius 1 is 1.08 bits per heavy atom. The lowest BCUT2D eigenvalue weighted by atomic mass is 9.74. The second-order valence-electron chi connectivity index (χ2n) is 9.67. The molecule has 4 nitrogen and oxygen atoms in total. The smallest absolute Gasteiger partial charge is 0.161 e. The number of anilines is 1. The number of hydrogen-bond donors (Lipinski definition) is 1. The van der Waals surface area contributed by atoms with E-state index in [2.05, 4.69) is 47.7 Å². The number of ketones is 1. The van der Waals surface area contributed by atoms with Crippen LogP contribution in [0.1, 0.15) is 47.4 Å². The van der Waals surface area contributed by atoms with Gasteiger partial charge in [0.1, 0.15) is 11.6 Å². The minimum atomic E-state index is -0.502. The second-order valence-corrected chi connectivity index (χ2v) is 12.0. The summed E-state index contributed by atoms with van der Waals surface area (Å²) in [5.74, 6) is 0.392. The SMILES string of the molecule is Cc1cc(C)c(C2C(C#N)=C(N)N(c3ccc(I)cc3)C3=C2C(=O)CCC3)cc1CSc1ccc(F)cc1. The van der Waals surface area contributed by atoms with Gasteiger partial charge in [-0.3, -0.25) is 9.69 Å². The van der Waals surface area contributed by atoms with Crippen LogP contribution in [0.4, 0.5) is 10.1 Å². The molecule has 2 aliphatic rings. The minimum Gasteiger partial charge on any atom is -0.384 e. The molecule has 38 heavy (non-hydrogen) atoms. The van der Waals surface area contributed by atoms with Crippen molar-refractivity contribution in [3.05, 3.63) is 115 Å². The van der Waals surface area contributed by atoms with E-state index in [1.165, 1.54) is 12.1 Å². The maximum Gasteiger partial charge on any atom is 0.161 e. The van der Waals surface area contributed by atoms with E-state index in [-0.39, 0.29) is 11.6 Å². The Hall–Kier alpha value is -3.09. The number of rotatable bonds is 5. The highest BCUT2D eigenvalue weighted by Crippen LogP contribution is 2.47. The monoisotopic (exact) mass is 635 g/mol. The molecular weight excluding hydrogens is 608 g/mol. The molecule has 0 radical (unpaired) electrons. The Morgan fingerprint density at radius 3 is 2.47 bits per heavy atom. The first-order valence-corrected chi connectivity index (χ1v) is 14.5. The van der Waals surface area contributed by atoms with Crippen LogP contribution in [0.25, 0.3) is 0 Å². The van der Waals surface area contributed by atoms with Crippen LogP contribution >= 0.6 is 34.4 Å². The molecular formula is C31H27FIN3OS. The number of Topliss-reactive ketones (excluding diaryl/α,β-unsaturated/α-hetero) is 1. The van der Waals surface area contributed by atoms with Gasteiger partial charge in [0.2, 0.25) is 0 Å². The second kappa shape index (κ2) is 11.0. The summed E-state index contributed by atoms with van der Waals surface area (Å²) >= 11 is 3.89. The highest BCUT2D eigenvalue weighted by molar-refractivity contribution is 14.1. The van der Waals surface area contributed by atoms with E-state index in [1.54, 1.807) is 23.9 Å². The van der Waals surface area contributed by atoms with E-state index in [4.69, 9.17) is 5.73 Å². The van der Waals surface area contributed by atoms with Crippen molar-refractivity contribution in [2.75, 3.05) is 4.90 Å². The Kier molecular flexibility index (Phi) is 7.64. The molecule has 1 aliphatic heterocycles. The third kappa shape index (κ3) is 4.99. The molecule has 0 bridgehead atoms. The molecule has 0 aromatic heterocycles. The average Bonchev–Trinajstić information content (AvgIpc) is 2.90. The third-order valence-corrected chi connectivity index (χ3v) is 9.02. The third-order valence-electron chi connectivity index (χ3n) is 7.24. The van der Waals surface area contributed by atoms with Gasteiger partial charge in [-0.05, 0) is 120 Å². The lowest BCUT2D eigenvalue weighted by Crippen LogP contribution is -2.38. The van der Waals surface area contributed by atoms with Crippen molar-refractivity contribution < 1.29 is 9.18 Å². The first-order chi connectivity index (χ1) is 18.3. The van der Waals surface area contributed by atoms with Crippen LogP contribution in [0.5, 0.6) is 0 Å². The largest absolute Gasteiger partial charge is 0.384 e. The van der Waals surface area contributed by atoms with Gasteiger partial charge in [0.05, 0.1) is 17.6 Å². The number of allylic oxidation sites excluding steroid dienone is 3. The van der Waals surface area contributed by atoms with Gasteiger partial charge in [0.15, 0.2) is 5.78 Å². The van der Waals surface area contributed by atoms with Gasteiger partial charge in [-0.15, -0.1) is 11.8 Å². The molecule has 1 aliphatic carbocycles. The van der Waals surface area contributed by atoms with Gasteiger partial charge in [-0.2, -0.15) is 5.26 Å². The molecule has 3 aromatic carbocycles. The summed E-state index contributed by atoms with van der Waals surface area (Å²) in [5.41, 5.74) is 13.8. The maximum absolute atomic E-state index is 13.5. The number of nitriles is 1. The molecule has 3 aromatic rings. The molecule has 2 N–H and O–H groups in total. The van der Waals surface area contributed by atoms with Gasteiger partial charge in [-0.1, -0.05) is 12.1 Å². The number of carbonyl (C=O) groups is 1. The van der Waals surface area contributed by atoms with Crippen LogP contribution < -0.4 is 10.6 Å². The normalized spacial score (nSPS) is 17.5. The average molecular weight is 636 g/mol. The van der Waals surface area contributed by atoms with Crippen molar-refractivity contribution >= 4 is 45.8 Å². The summed E-state index contributed by atoms with van der Waals surface area (Å²) in [6.07, 6.45) is 1.95. The molecule has 192 valence electrons. The van der Waals surface area contributed by atoms with Crippen molar-refractivity contribution in [3.8, 4) is 6.07 Å². The van der Waals surface area contributed by atoms with Gasteiger partial charge in [0, 0.05) is 37.6 Å². The number of thioether (sulfide) groups is 1. The predicted octanol–water partition coefficient (Wildman–Crippen LogP) is 7.64. The number of halogens is 2. The fourth-order valence-corrected chi connectivity index (χ4v) is 6.68. The zero-order valence-electron chi connectivity index (χ0n) is 21.2. The van der Waals surface area contributed by atoms with E-state index in [9.17, 15) is 14.4 Å². The number of hydrogen-bond acceptors (Lipinski definition) is 5. The van der Waals surface area contributed by atoms with Crippen LogP contribution in [0.3, 0.4) is 0 Å². The van der Waals surface area contributed by atoms with E-state index >= 15 is 0 Å². The van der Waals surface area contributed by atoms with E-state index < -0.39 is 5.92 Å². The van der Waals surface area contributed by atoms with Gasteiger partial charge >= 0.3 is 0 Å². The number of benzene rings is 3. The van der Waals surface area contributed by atoms with Crippen LogP contribution in [0.2, 0.25) is 0 Å². The van der Waals surface area contributed by atoms with Gasteiger partial charge in [-0.25, -0.2) is 4.39 Å². The summed E-state index contributed by atoms with van der Waals surface area (Å²) in [6.45, 7) is 4.10. The van der Waals surface area contributed by atoms with Crippen molar-refractivity contribution in [1.82, 2.24) is 0 Å². The van der Waals surface area contributed by atoms with Crippen LogP contribution in [-0.2, 0) is 10.5 Å². The van der Waals surface area contributed by atoms with Gasteiger partial charge < -0.3 is 5.73 Å². The minimum absolute atomic E-state index is 0.0780. The van der Waals surface area contributed by atoms with Crippen LogP contribution in [-0.4, -0.2) is 5.78 Å². The highest BCUT2D eigenvalue weighted by Gasteiger charge is 2.41. The molecule has 5 rings (SSSR count). The van der Waals surface area contributed by atoms with Crippen molar-refractivity contribution in [1.29, 1.82) is 5.26 Å². The molecule has 1 heterocycles. The highest BCUT2D eigenvalue weighted by atomic mass is 127. The summed E-state index contributed by atoms with van der Waals surface area (Å²) in [7, 11) is 0. The van der Waals surface area contributed by atoms with E-state index in [1.807, 2.05) is 36.1 Å². The van der Waals surface area contributed by atoms with Gasteiger partial charge in [0.25, 0.3) is 0 Å². The molecule has 0 saturated carbocycles. The van der Waals surface area contributed by atoms with Crippen molar-refractivity contribution in [3.63, 3.8) is 0 Å². The standard InChI is InChI=1S/C31H27FIN3OS/c1-18-14-19(2)25(15-20(18)17-38-24-12-6-21(32)7-13-24)29-26(16-34)31(35)36(23-10-8-22(33)9-11-23)27-4-3-5-28(37)30(27)29/h6-15,29H,3-5,17,35H2,1-2H3. The summed E-state index contributed by atoms with van der Waals surface area (Å²) in [4.78, 5) is 16.4. The van der Waals surface area contributed by atoms with E-state index in [0.717, 1.165) is 54.9 Å². The quantitative estimate of drug-likeness (QED) is 0.231. The summed E-state index contributed by atoms with van der Waals surface area (Å²) in [5, 5.41) is 10.4. The fourth-order valence-electron chi connectivity index (χ4n) is 5.36. The number of carbonyl (C=O) groups excluding carboxylic acids is 1. The molecule has 1 atom stereocenters. The zero-order valence-corrected chi connectivity index (χ0v) is 24.2. The van der Waals surface area contributed by atoms with Crippen LogP contribution in [0.15, 0.2) is 88.2 Å². The predicted molar refractivity (Wildman–Crippen MR) is 159 cm³/mol. The molecule has 0 saturated heterocycles. The molecule has 0 spiro atoms. The first-order valence-electron chi connectivity index (χ1n) is 12.5. The lowest BCUT2D eigenvalue weighted by Gasteiger charge is -2.40. The molecule has 0 fully saturated rings. The first kappa shape index (κ1) is 26.5. The zero-order chi connectivity index (χ0) is 27.0. The summed E-state index contributed by atoms with van der Waals surface area (Å²) in [6, 6.07) is 21.1.